The molecule has 1 amide bonds. The van der Waals surface area contributed by atoms with E-state index in [0.717, 1.165) is 30.5 Å². The summed E-state index contributed by atoms with van der Waals surface area (Å²) in [7, 11) is 0. The van der Waals surface area contributed by atoms with Crippen molar-refractivity contribution < 1.29 is 14.7 Å². The summed E-state index contributed by atoms with van der Waals surface area (Å²) in [5.41, 5.74) is 2.82. The molecule has 1 aromatic heterocycles. The Kier molecular flexibility index (Phi) is 4.01. The van der Waals surface area contributed by atoms with E-state index in [1.54, 1.807) is 11.6 Å². The van der Waals surface area contributed by atoms with Gasteiger partial charge in [-0.05, 0) is 50.7 Å². The van der Waals surface area contributed by atoms with E-state index in [2.05, 4.69) is 10.3 Å². The van der Waals surface area contributed by atoms with Crippen LogP contribution in [0.3, 0.4) is 0 Å². The molecule has 3 unspecified atom stereocenters. The van der Waals surface area contributed by atoms with Gasteiger partial charge >= 0.3 is 5.97 Å². The summed E-state index contributed by atoms with van der Waals surface area (Å²) in [6.45, 7) is 4.29. The van der Waals surface area contributed by atoms with E-state index in [-0.39, 0.29) is 23.4 Å². The number of carbonyl (C=O) groups excluding carboxylic acids is 1. The summed E-state index contributed by atoms with van der Waals surface area (Å²) >= 11 is 0. The number of hydrogen-bond acceptors (Lipinski definition) is 4. The molecule has 2 aliphatic rings. The molecule has 1 N–H and O–H groups in total. The Bertz CT molecular complexity index is 858. The maximum atomic E-state index is 13.1. The SMILES string of the molecule is Cc1ccc(-n2nnc(C(=O)N3CC4CCCC4C3C(=O)O)c2C)cc1. The Morgan fingerprint density at radius 2 is 1.88 bits per heavy atom. The summed E-state index contributed by atoms with van der Waals surface area (Å²) in [4.78, 5) is 26.4. The molecular formula is C19H22N4O3. The number of carboxylic acids is 1. The molecule has 0 bridgehead atoms. The topological polar surface area (TPSA) is 88.3 Å². The third-order valence-corrected chi connectivity index (χ3v) is 5.78. The first kappa shape index (κ1) is 16.8. The molecule has 26 heavy (non-hydrogen) atoms. The quantitative estimate of drug-likeness (QED) is 0.913. The molecule has 7 nitrogen and oxygen atoms in total. The van der Waals surface area contributed by atoms with Gasteiger partial charge in [0.25, 0.3) is 5.91 Å². The highest BCUT2D eigenvalue weighted by molar-refractivity contribution is 5.96. The Hall–Kier alpha value is -2.70. The van der Waals surface area contributed by atoms with E-state index in [1.165, 1.54) is 4.90 Å². The van der Waals surface area contributed by atoms with Gasteiger partial charge in [-0.1, -0.05) is 29.3 Å². The van der Waals surface area contributed by atoms with Gasteiger partial charge in [0.1, 0.15) is 6.04 Å². The van der Waals surface area contributed by atoms with Gasteiger partial charge in [-0.15, -0.1) is 5.10 Å². The lowest BCUT2D eigenvalue weighted by Crippen LogP contribution is -2.43. The predicted molar refractivity (Wildman–Crippen MR) is 94.1 cm³/mol. The lowest BCUT2D eigenvalue weighted by Gasteiger charge is -2.23. The highest BCUT2D eigenvalue weighted by atomic mass is 16.4. The van der Waals surface area contributed by atoms with E-state index >= 15 is 0 Å². The fraction of sp³-hybridized carbons (Fsp3) is 0.474. The monoisotopic (exact) mass is 354 g/mol. The van der Waals surface area contributed by atoms with Crippen molar-refractivity contribution in [2.45, 2.75) is 39.2 Å². The van der Waals surface area contributed by atoms with E-state index in [4.69, 9.17) is 0 Å². The highest BCUT2D eigenvalue weighted by Gasteiger charge is 2.50. The molecule has 1 aromatic carbocycles. The largest absolute Gasteiger partial charge is 0.480 e. The molecule has 2 heterocycles. The number of amides is 1. The standard InChI is InChI=1S/C19H22N4O3/c1-11-6-8-14(9-7-11)23-12(2)16(20-21-23)18(24)22-10-13-4-3-5-15(13)17(22)19(25)26/h6-9,13,15,17H,3-5,10H2,1-2H3,(H,25,26). The fourth-order valence-electron chi connectivity index (χ4n) is 4.42. The average molecular weight is 354 g/mol. The molecule has 0 spiro atoms. The van der Waals surface area contributed by atoms with Crippen molar-refractivity contribution in [3.8, 4) is 5.69 Å². The van der Waals surface area contributed by atoms with Crippen LogP contribution in [0.5, 0.6) is 0 Å². The minimum Gasteiger partial charge on any atom is -0.480 e. The molecule has 2 fully saturated rings. The molecule has 7 heteroatoms. The van der Waals surface area contributed by atoms with Crippen LogP contribution in [0.4, 0.5) is 0 Å². The Labute approximate surface area is 151 Å². The van der Waals surface area contributed by atoms with E-state index in [9.17, 15) is 14.7 Å². The summed E-state index contributed by atoms with van der Waals surface area (Å²) in [6.07, 6.45) is 2.91. The normalized spacial score (nSPS) is 24.7. The van der Waals surface area contributed by atoms with Crippen molar-refractivity contribution in [3.63, 3.8) is 0 Å². The molecule has 2 aromatic rings. The van der Waals surface area contributed by atoms with Gasteiger partial charge in [0.2, 0.25) is 0 Å². The second-order valence-electron chi connectivity index (χ2n) is 7.37. The third kappa shape index (κ3) is 2.58. The molecular weight excluding hydrogens is 332 g/mol. The minimum absolute atomic E-state index is 0.0592. The molecule has 1 saturated heterocycles. The number of likely N-dealkylation sites (tertiary alicyclic amines) is 1. The van der Waals surface area contributed by atoms with Crippen LogP contribution in [-0.4, -0.2) is 49.5 Å². The molecule has 1 saturated carbocycles. The van der Waals surface area contributed by atoms with E-state index in [0.29, 0.717) is 12.2 Å². The lowest BCUT2D eigenvalue weighted by atomic mass is 9.94. The number of aryl methyl sites for hydroxylation is 1. The minimum atomic E-state index is -0.920. The first-order chi connectivity index (χ1) is 12.5. The van der Waals surface area contributed by atoms with E-state index in [1.807, 2.05) is 31.2 Å². The molecule has 0 radical (unpaired) electrons. The molecule has 1 aliphatic heterocycles. The second kappa shape index (κ2) is 6.23. The van der Waals surface area contributed by atoms with Crippen LogP contribution in [0.25, 0.3) is 5.69 Å². The lowest BCUT2D eigenvalue weighted by molar-refractivity contribution is -0.142. The zero-order chi connectivity index (χ0) is 18.4. The number of aromatic nitrogens is 3. The highest BCUT2D eigenvalue weighted by Crippen LogP contribution is 2.42. The molecule has 3 atom stereocenters. The van der Waals surface area contributed by atoms with Crippen molar-refractivity contribution in [2.75, 3.05) is 6.54 Å². The first-order valence-corrected chi connectivity index (χ1v) is 9.00. The Morgan fingerprint density at radius 1 is 1.15 bits per heavy atom. The molecule has 1 aliphatic carbocycles. The number of aliphatic carboxylic acids is 1. The maximum absolute atomic E-state index is 13.1. The fourth-order valence-corrected chi connectivity index (χ4v) is 4.42. The van der Waals surface area contributed by atoms with Crippen molar-refractivity contribution in [2.24, 2.45) is 11.8 Å². The molecule has 4 rings (SSSR count). The third-order valence-electron chi connectivity index (χ3n) is 5.78. The van der Waals surface area contributed by atoms with Gasteiger partial charge in [-0.25, -0.2) is 9.48 Å². The van der Waals surface area contributed by atoms with Crippen molar-refractivity contribution in [1.82, 2.24) is 19.9 Å². The number of carboxylic acid groups (broad SMARTS) is 1. The number of fused-ring (bicyclic) bond motifs is 1. The van der Waals surface area contributed by atoms with Gasteiger partial charge < -0.3 is 10.0 Å². The zero-order valence-electron chi connectivity index (χ0n) is 14.9. The van der Waals surface area contributed by atoms with Crippen molar-refractivity contribution in [3.05, 3.63) is 41.2 Å². The van der Waals surface area contributed by atoms with E-state index < -0.39 is 12.0 Å². The Morgan fingerprint density at radius 3 is 2.58 bits per heavy atom. The number of carbonyl (C=O) groups is 2. The van der Waals surface area contributed by atoms with Crippen molar-refractivity contribution in [1.29, 1.82) is 0 Å². The molecule has 136 valence electrons. The average Bonchev–Trinajstić information content (AvgIpc) is 3.28. The number of rotatable bonds is 3. The summed E-state index contributed by atoms with van der Waals surface area (Å²) in [5, 5.41) is 17.9. The van der Waals surface area contributed by atoms with Crippen LogP contribution in [0, 0.1) is 25.7 Å². The van der Waals surface area contributed by atoms with Crippen LogP contribution in [0.2, 0.25) is 0 Å². The zero-order valence-corrected chi connectivity index (χ0v) is 14.9. The summed E-state index contributed by atoms with van der Waals surface area (Å²) in [5.74, 6) is -0.907. The van der Waals surface area contributed by atoms with Gasteiger partial charge in [0.05, 0.1) is 11.4 Å². The van der Waals surface area contributed by atoms with Gasteiger partial charge in [0.15, 0.2) is 5.69 Å². The first-order valence-electron chi connectivity index (χ1n) is 9.00. The van der Waals surface area contributed by atoms with Crippen LogP contribution in [0.1, 0.15) is 41.0 Å². The van der Waals surface area contributed by atoms with Crippen molar-refractivity contribution >= 4 is 11.9 Å². The summed E-state index contributed by atoms with van der Waals surface area (Å²) in [6, 6.07) is 7.04. The summed E-state index contributed by atoms with van der Waals surface area (Å²) < 4.78 is 1.62. The van der Waals surface area contributed by atoms with Crippen LogP contribution in [0.15, 0.2) is 24.3 Å². The van der Waals surface area contributed by atoms with Gasteiger partial charge in [0, 0.05) is 6.54 Å². The number of hydrogen-bond donors (Lipinski definition) is 1. The number of benzene rings is 1. The predicted octanol–water partition coefficient (Wildman–Crippen LogP) is 2.21. The maximum Gasteiger partial charge on any atom is 0.326 e. The van der Waals surface area contributed by atoms with Gasteiger partial charge in [-0.3, -0.25) is 4.79 Å². The van der Waals surface area contributed by atoms with Crippen LogP contribution >= 0.6 is 0 Å². The Balaban J connectivity index is 1.64. The van der Waals surface area contributed by atoms with Crippen LogP contribution < -0.4 is 0 Å². The second-order valence-corrected chi connectivity index (χ2v) is 7.37. The van der Waals surface area contributed by atoms with Crippen LogP contribution in [-0.2, 0) is 4.79 Å². The smallest absolute Gasteiger partial charge is 0.326 e. The number of nitrogens with zero attached hydrogens (tertiary/aromatic N) is 4. The van der Waals surface area contributed by atoms with Gasteiger partial charge in [-0.2, -0.15) is 0 Å².